The highest BCUT2D eigenvalue weighted by molar-refractivity contribution is 8.00. The zero-order chi connectivity index (χ0) is 13.9. The van der Waals surface area contributed by atoms with Gasteiger partial charge in [0.15, 0.2) is 5.13 Å². The van der Waals surface area contributed by atoms with Gasteiger partial charge in [0.25, 0.3) is 0 Å². The number of thiophene rings is 1. The molecule has 0 amide bonds. The highest BCUT2D eigenvalue weighted by Crippen LogP contribution is 2.35. The van der Waals surface area contributed by atoms with E-state index in [1.807, 2.05) is 0 Å². The van der Waals surface area contributed by atoms with E-state index >= 15 is 0 Å². The maximum absolute atomic E-state index is 4.67. The second-order valence-corrected chi connectivity index (χ2v) is 7.21. The van der Waals surface area contributed by atoms with Crippen molar-refractivity contribution in [3.8, 4) is 11.3 Å². The van der Waals surface area contributed by atoms with Crippen molar-refractivity contribution in [3.63, 3.8) is 0 Å². The van der Waals surface area contributed by atoms with Gasteiger partial charge < -0.3 is 5.32 Å². The van der Waals surface area contributed by atoms with Crippen molar-refractivity contribution in [2.75, 3.05) is 11.6 Å². The second-order valence-electron chi connectivity index (χ2n) is 4.36. The minimum Gasteiger partial charge on any atom is -0.330 e. The topological polar surface area (TPSA) is 24.9 Å². The summed E-state index contributed by atoms with van der Waals surface area (Å²) in [5.41, 5.74) is 4.60. The molecule has 0 saturated heterocycles. The summed E-state index contributed by atoms with van der Waals surface area (Å²) in [7, 11) is 0. The Morgan fingerprint density at radius 3 is 2.90 bits per heavy atom. The summed E-state index contributed by atoms with van der Waals surface area (Å²) in [6.07, 6.45) is 2.09. The summed E-state index contributed by atoms with van der Waals surface area (Å²) in [4.78, 5) is 4.67. The first-order chi connectivity index (χ1) is 9.76. The van der Waals surface area contributed by atoms with Crippen molar-refractivity contribution in [2.24, 2.45) is 0 Å². The molecule has 102 valence electrons. The number of thioether (sulfide) groups is 1. The summed E-state index contributed by atoms with van der Waals surface area (Å²) >= 11 is 5.15. The molecule has 0 spiro atoms. The summed E-state index contributed by atoms with van der Waals surface area (Å²) in [5, 5.41) is 8.55. The van der Waals surface area contributed by atoms with Crippen LogP contribution in [0.5, 0.6) is 0 Å². The lowest BCUT2D eigenvalue weighted by Crippen LogP contribution is -1.88. The molecule has 20 heavy (non-hydrogen) atoms. The summed E-state index contributed by atoms with van der Waals surface area (Å²) in [5.74, 6) is 0. The van der Waals surface area contributed by atoms with Crippen LogP contribution in [0.1, 0.15) is 5.56 Å². The highest BCUT2D eigenvalue weighted by atomic mass is 32.2. The number of anilines is 2. The van der Waals surface area contributed by atoms with Crippen LogP contribution in [0.3, 0.4) is 0 Å². The molecule has 0 atom stereocenters. The van der Waals surface area contributed by atoms with Gasteiger partial charge in [0.1, 0.15) is 0 Å². The SMILES string of the molecule is CSc1sccc1Nc1nc(-c2cccc(C)c2)cs1. The third kappa shape index (κ3) is 2.90. The Bertz CT molecular complexity index is 715. The second kappa shape index (κ2) is 5.99. The monoisotopic (exact) mass is 318 g/mol. The van der Waals surface area contributed by atoms with E-state index in [1.165, 1.54) is 15.3 Å². The van der Waals surface area contributed by atoms with Crippen LogP contribution >= 0.6 is 34.4 Å². The molecule has 3 rings (SSSR count). The minimum atomic E-state index is 0.940. The lowest BCUT2D eigenvalue weighted by atomic mass is 10.1. The van der Waals surface area contributed by atoms with Gasteiger partial charge in [0.2, 0.25) is 0 Å². The Labute approximate surface area is 130 Å². The van der Waals surface area contributed by atoms with E-state index in [0.717, 1.165) is 16.5 Å². The van der Waals surface area contributed by atoms with Crippen molar-refractivity contribution in [3.05, 3.63) is 46.7 Å². The molecule has 1 N–H and O–H groups in total. The third-order valence-corrected chi connectivity index (χ3v) is 5.72. The van der Waals surface area contributed by atoms with Crippen LogP contribution in [0, 0.1) is 6.92 Å². The van der Waals surface area contributed by atoms with Crippen molar-refractivity contribution in [2.45, 2.75) is 11.1 Å². The Morgan fingerprint density at radius 1 is 1.20 bits per heavy atom. The standard InChI is InChI=1S/C15H14N2S3/c1-10-4-3-5-11(8-10)13-9-20-15(17-13)16-12-6-7-19-14(12)18-2/h3-9H,1-2H3,(H,16,17). The maximum atomic E-state index is 4.67. The quantitative estimate of drug-likeness (QED) is 0.630. The predicted octanol–water partition coefficient (Wildman–Crippen LogP) is 5.65. The van der Waals surface area contributed by atoms with Crippen molar-refractivity contribution >= 4 is 45.3 Å². The largest absolute Gasteiger partial charge is 0.330 e. The minimum absolute atomic E-state index is 0.940. The molecule has 1 aromatic carbocycles. The van der Waals surface area contributed by atoms with Gasteiger partial charge in [-0.2, -0.15) is 0 Å². The molecular formula is C15H14N2S3. The van der Waals surface area contributed by atoms with Gasteiger partial charge in [-0.05, 0) is 30.7 Å². The number of hydrogen-bond acceptors (Lipinski definition) is 5. The molecule has 0 aliphatic heterocycles. The third-order valence-electron chi connectivity index (χ3n) is 2.87. The fourth-order valence-electron chi connectivity index (χ4n) is 1.93. The molecule has 2 heterocycles. The van der Waals surface area contributed by atoms with Crippen molar-refractivity contribution in [1.29, 1.82) is 0 Å². The van der Waals surface area contributed by atoms with E-state index in [9.17, 15) is 0 Å². The van der Waals surface area contributed by atoms with Gasteiger partial charge in [-0.3, -0.25) is 0 Å². The van der Waals surface area contributed by atoms with E-state index in [0.29, 0.717) is 0 Å². The molecule has 0 saturated carbocycles. The molecule has 0 aliphatic carbocycles. The summed E-state index contributed by atoms with van der Waals surface area (Å²) < 4.78 is 1.29. The smallest absolute Gasteiger partial charge is 0.187 e. The first-order valence-electron chi connectivity index (χ1n) is 6.17. The molecule has 0 fully saturated rings. The highest BCUT2D eigenvalue weighted by Gasteiger charge is 2.08. The van der Waals surface area contributed by atoms with Gasteiger partial charge in [-0.1, -0.05) is 23.8 Å². The van der Waals surface area contributed by atoms with Crippen molar-refractivity contribution in [1.82, 2.24) is 4.98 Å². The number of thiazole rings is 1. The molecule has 3 aromatic rings. The van der Waals surface area contributed by atoms with E-state index < -0.39 is 0 Å². The number of benzene rings is 1. The van der Waals surface area contributed by atoms with Crippen LogP contribution in [0.4, 0.5) is 10.8 Å². The number of hydrogen-bond donors (Lipinski definition) is 1. The number of nitrogens with zero attached hydrogens (tertiary/aromatic N) is 1. The zero-order valence-electron chi connectivity index (χ0n) is 11.2. The molecule has 2 nitrogen and oxygen atoms in total. The Hall–Kier alpha value is -1.30. The lowest BCUT2D eigenvalue weighted by Gasteiger charge is -2.02. The van der Waals surface area contributed by atoms with Crippen LogP contribution < -0.4 is 5.32 Å². The van der Waals surface area contributed by atoms with Gasteiger partial charge in [0, 0.05) is 10.9 Å². The molecular weight excluding hydrogens is 304 g/mol. The average Bonchev–Trinajstić information content (AvgIpc) is 3.08. The fraction of sp³-hybridized carbons (Fsp3) is 0.133. The van der Waals surface area contributed by atoms with E-state index in [4.69, 9.17) is 0 Å². The number of aryl methyl sites for hydroxylation is 1. The van der Waals surface area contributed by atoms with Gasteiger partial charge >= 0.3 is 0 Å². The average molecular weight is 318 g/mol. The molecule has 5 heteroatoms. The van der Waals surface area contributed by atoms with Crippen LogP contribution in [0.2, 0.25) is 0 Å². The van der Waals surface area contributed by atoms with E-state index in [2.05, 4.69) is 64.6 Å². The van der Waals surface area contributed by atoms with Crippen LogP contribution in [-0.4, -0.2) is 11.2 Å². The van der Waals surface area contributed by atoms with E-state index in [-0.39, 0.29) is 0 Å². The number of nitrogens with one attached hydrogen (secondary N) is 1. The number of rotatable bonds is 4. The van der Waals surface area contributed by atoms with Crippen LogP contribution in [-0.2, 0) is 0 Å². The number of aromatic nitrogens is 1. The molecule has 0 aliphatic rings. The lowest BCUT2D eigenvalue weighted by molar-refractivity contribution is 1.36. The first kappa shape index (κ1) is 13.7. The predicted molar refractivity (Wildman–Crippen MR) is 91.7 cm³/mol. The maximum Gasteiger partial charge on any atom is 0.187 e. The molecule has 0 radical (unpaired) electrons. The van der Waals surface area contributed by atoms with Crippen LogP contribution in [0.15, 0.2) is 45.3 Å². The van der Waals surface area contributed by atoms with Crippen LogP contribution in [0.25, 0.3) is 11.3 Å². The summed E-state index contributed by atoms with van der Waals surface area (Å²) in [6.45, 7) is 2.10. The Kier molecular flexibility index (Phi) is 4.10. The Morgan fingerprint density at radius 2 is 2.10 bits per heavy atom. The molecule has 2 aromatic heterocycles. The summed E-state index contributed by atoms with van der Waals surface area (Å²) in [6, 6.07) is 10.5. The first-order valence-corrected chi connectivity index (χ1v) is 9.16. The molecule has 0 unspecified atom stereocenters. The zero-order valence-corrected chi connectivity index (χ0v) is 13.7. The molecule has 0 bridgehead atoms. The normalized spacial score (nSPS) is 10.7. The van der Waals surface area contributed by atoms with Crippen molar-refractivity contribution < 1.29 is 0 Å². The van der Waals surface area contributed by atoms with Gasteiger partial charge in [-0.25, -0.2) is 4.98 Å². The van der Waals surface area contributed by atoms with Gasteiger partial charge in [0.05, 0.1) is 15.6 Å². The van der Waals surface area contributed by atoms with E-state index in [1.54, 1.807) is 34.4 Å². The van der Waals surface area contributed by atoms with Gasteiger partial charge in [-0.15, -0.1) is 34.4 Å². The fourth-order valence-corrected chi connectivity index (χ4v) is 4.13. The Balaban J connectivity index is 1.84.